The highest BCUT2D eigenvalue weighted by atomic mass is 16.4. The van der Waals surface area contributed by atoms with E-state index in [1.54, 1.807) is 0 Å². The molecule has 0 unspecified atom stereocenters. The number of urea groups is 1. The maximum atomic E-state index is 11.6. The van der Waals surface area contributed by atoms with E-state index < -0.39 is 30.6 Å². The molecule has 0 aromatic heterocycles. The zero-order chi connectivity index (χ0) is 14.1. The van der Waals surface area contributed by atoms with Gasteiger partial charge in [-0.1, -0.05) is 13.3 Å². The van der Waals surface area contributed by atoms with Crippen LogP contribution in [0.3, 0.4) is 0 Å². The molecule has 104 valence electrons. The average Bonchev–Trinajstić information content (AvgIpc) is 2.30. The molecule has 8 heteroatoms. The molecule has 0 aliphatic carbocycles. The number of aliphatic carboxylic acids is 1. The summed E-state index contributed by atoms with van der Waals surface area (Å²) in [6.07, 6.45) is -0.141. The first-order chi connectivity index (χ1) is 8.38. The lowest BCUT2D eigenvalue weighted by atomic mass is 10.3. The Morgan fingerprint density at radius 2 is 2.00 bits per heavy atom. The van der Waals surface area contributed by atoms with Crippen LogP contribution in [0.15, 0.2) is 0 Å². The maximum absolute atomic E-state index is 11.6. The molecule has 8 nitrogen and oxygen atoms in total. The van der Waals surface area contributed by atoms with Crippen molar-refractivity contribution < 1.29 is 24.6 Å². The summed E-state index contributed by atoms with van der Waals surface area (Å²) in [5, 5.41) is 19.6. The lowest BCUT2D eigenvalue weighted by Gasteiger charge is -2.21. The first kappa shape index (κ1) is 16.2. The second-order valence-corrected chi connectivity index (χ2v) is 3.78. The molecule has 3 amide bonds. The van der Waals surface area contributed by atoms with Crippen LogP contribution in [0.25, 0.3) is 0 Å². The lowest BCUT2D eigenvalue weighted by Crippen LogP contribution is -2.47. The van der Waals surface area contributed by atoms with E-state index in [0.717, 1.165) is 6.42 Å². The third-order valence-corrected chi connectivity index (χ3v) is 2.15. The molecule has 18 heavy (non-hydrogen) atoms. The number of hydrogen-bond donors (Lipinski definition) is 4. The predicted molar refractivity (Wildman–Crippen MR) is 62.7 cm³/mol. The van der Waals surface area contributed by atoms with Crippen molar-refractivity contribution in [2.75, 3.05) is 19.6 Å². The Kier molecular flexibility index (Phi) is 7.45. The number of rotatable bonds is 8. The number of carboxylic acid groups (broad SMARTS) is 1. The minimum Gasteiger partial charge on any atom is -0.479 e. The quantitative estimate of drug-likeness (QED) is 0.432. The summed E-state index contributed by atoms with van der Waals surface area (Å²) >= 11 is 0. The molecule has 0 fully saturated rings. The fourth-order valence-corrected chi connectivity index (χ4v) is 1.17. The number of nitrogens with one attached hydrogen (secondary N) is 1. The minimum absolute atomic E-state index is 0.241. The number of amides is 3. The molecule has 1 atom stereocenters. The summed E-state index contributed by atoms with van der Waals surface area (Å²) in [7, 11) is 0. The Morgan fingerprint density at radius 3 is 2.44 bits per heavy atom. The van der Waals surface area contributed by atoms with Crippen LogP contribution < -0.4 is 11.1 Å². The van der Waals surface area contributed by atoms with Crippen molar-refractivity contribution in [1.82, 2.24) is 10.2 Å². The number of nitrogens with two attached hydrogens (primary N) is 1. The molecule has 0 radical (unpaired) electrons. The summed E-state index contributed by atoms with van der Waals surface area (Å²) in [6.45, 7) is 1.60. The SMILES string of the molecule is CCCCN(CC(N)=O)C(=O)NC[C@H](O)C(=O)O. The third-order valence-electron chi connectivity index (χ3n) is 2.15. The minimum atomic E-state index is -1.67. The van der Waals surface area contributed by atoms with Gasteiger partial charge in [-0.2, -0.15) is 0 Å². The van der Waals surface area contributed by atoms with Crippen LogP contribution in [-0.2, 0) is 9.59 Å². The number of nitrogens with zero attached hydrogens (tertiary/aromatic N) is 1. The second-order valence-electron chi connectivity index (χ2n) is 3.78. The van der Waals surface area contributed by atoms with E-state index in [1.807, 2.05) is 6.92 Å². The van der Waals surface area contributed by atoms with Gasteiger partial charge in [0.05, 0.1) is 6.54 Å². The largest absolute Gasteiger partial charge is 0.479 e. The lowest BCUT2D eigenvalue weighted by molar-refractivity contribution is -0.146. The predicted octanol–water partition coefficient (Wildman–Crippen LogP) is -1.27. The summed E-state index contributed by atoms with van der Waals surface area (Å²) in [4.78, 5) is 33.9. The first-order valence-electron chi connectivity index (χ1n) is 5.60. The van der Waals surface area contributed by atoms with Crippen LogP contribution in [0, 0.1) is 0 Å². The fraction of sp³-hybridized carbons (Fsp3) is 0.700. The van der Waals surface area contributed by atoms with Gasteiger partial charge in [-0.05, 0) is 6.42 Å². The highest BCUT2D eigenvalue weighted by Gasteiger charge is 2.18. The van der Waals surface area contributed by atoms with E-state index in [-0.39, 0.29) is 6.54 Å². The van der Waals surface area contributed by atoms with Crippen LogP contribution >= 0.6 is 0 Å². The van der Waals surface area contributed by atoms with Gasteiger partial charge in [0.2, 0.25) is 5.91 Å². The van der Waals surface area contributed by atoms with Crippen molar-refractivity contribution in [3.05, 3.63) is 0 Å². The number of aliphatic hydroxyl groups is 1. The highest BCUT2D eigenvalue weighted by molar-refractivity contribution is 5.83. The number of hydrogen-bond acceptors (Lipinski definition) is 4. The van der Waals surface area contributed by atoms with Crippen molar-refractivity contribution in [2.24, 2.45) is 5.73 Å². The molecule has 5 N–H and O–H groups in total. The van der Waals surface area contributed by atoms with E-state index >= 15 is 0 Å². The van der Waals surface area contributed by atoms with Crippen molar-refractivity contribution in [2.45, 2.75) is 25.9 Å². The van der Waals surface area contributed by atoms with Crippen LogP contribution in [0.1, 0.15) is 19.8 Å². The Bertz CT molecular complexity index is 308. The normalized spacial score (nSPS) is 11.7. The van der Waals surface area contributed by atoms with E-state index in [2.05, 4.69) is 5.32 Å². The summed E-state index contributed by atoms with van der Waals surface area (Å²) in [5.41, 5.74) is 5.00. The third kappa shape index (κ3) is 6.69. The van der Waals surface area contributed by atoms with E-state index in [1.165, 1.54) is 4.90 Å². The van der Waals surface area contributed by atoms with E-state index in [0.29, 0.717) is 13.0 Å². The molecule has 0 aromatic rings. The number of carbonyl (C=O) groups is 3. The molecular weight excluding hydrogens is 242 g/mol. The van der Waals surface area contributed by atoms with Gasteiger partial charge in [0.15, 0.2) is 6.10 Å². The molecule has 0 spiro atoms. The molecule has 0 aliphatic heterocycles. The van der Waals surface area contributed by atoms with Gasteiger partial charge < -0.3 is 26.2 Å². The van der Waals surface area contributed by atoms with Crippen LogP contribution in [0.5, 0.6) is 0 Å². The molecule has 0 aromatic carbocycles. The molecular formula is C10H19N3O5. The second kappa shape index (κ2) is 8.29. The summed E-state index contributed by atoms with van der Waals surface area (Å²) in [6, 6.07) is -0.623. The van der Waals surface area contributed by atoms with Gasteiger partial charge in [0, 0.05) is 6.54 Å². The Hall–Kier alpha value is -1.83. The Balaban J connectivity index is 4.27. The monoisotopic (exact) mass is 261 g/mol. The number of carboxylic acids is 1. The number of aliphatic hydroxyl groups excluding tert-OH is 1. The van der Waals surface area contributed by atoms with Crippen molar-refractivity contribution in [3.63, 3.8) is 0 Å². The van der Waals surface area contributed by atoms with E-state index in [9.17, 15) is 14.4 Å². The molecule has 0 bridgehead atoms. The van der Waals surface area contributed by atoms with Crippen molar-refractivity contribution >= 4 is 17.9 Å². The Labute approximate surface area is 105 Å². The molecule has 0 heterocycles. The van der Waals surface area contributed by atoms with Gasteiger partial charge in [0.25, 0.3) is 0 Å². The van der Waals surface area contributed by atoms with Gasteiger partial charge in [-0.25, -0.2) is 9.59 Å². The van der Waals surface area contributed by atoms with Crippen molar-refractivity contribution in [3.8, 4) is 0 Å². The highest BCUT2D eigenvalue weighted by Crippen LogP contribution is 1.96. The molecule has 0 saturated carbocycles. The smallest absolute Gasteiger partial charge is 0.334 e. The van der Waals surface area contributed by atoms with Crippen LogP contribution in [0.4, 0.5) is 4.79 Å². The molecule has 0 rings (SSSR count). The molecule has 0 aliphatic rings. The van der Waals surface area contributed by atoms with Gasteiger partial charge in [-0.3, -0.25) is 4.79 Å². The first-order valence-corrected chi connectivity index (χ1v) is 5.60. The zero-order valence-corrected chi connectivity index (χ0v) is 10.3. The van der Waals surface area contributed by atoms with E-state index in [4.69, 9.17) is 15.9 Å². The van der Waals surface area contributed by atoms with Gasteiger partial charge in [-0.15, -0.1) is 0 Å². The standard InChI is InChI=1S/C10H19N3O5/c1-2-3-4-13(6-8(11)15)10(18)12-5-7(14)9(16)17/h7,14H,2-6H2,1H3,(H2,11,15)(H,12,18)(H,16,17)/t7-/m0/s1. The number of primary amides is 1. The maximum Gasteiger partial charge on any atom is 0.334 e. The fourth-order valence-electron chi connectivity index (χ4n) is 1.17. The molecule has 0 saturated heterocycles. The van der Waals surface area contributed by atoms with Crippen LogP contribution in [-0.4, -0.2) is 58.8 Å². The zero-order valence-electron chi connectivity index (χ0n) is 10.3. The van der Waals surface area contributed by atoms with Crippen LogP contribution in [0.2, 0.25) is 0 Å². The van der Waals surface area contributed by atoms with Crippen molar-refractivity contribution in [1.29, 1.82) is 0 Å². The topological polar surface area (TPSA) is 133 Å². The number of unbranched alkanes of at least 4 members (excludes halogenated alkanes) is 1. The average molecular weight is 261 g/mol. The summed E-state index contributed by atoms with van der Waals surface area (Å²) < 4.78 is 0. The van der Waals surface area contributed by atoms with Gasteiger partial charge >= 0.3 is 12.0 Å². The summed E-state index contributed by atoms with van der Waals surface area (Å²) in [5.74, 6) is -2.08. The Morgan fingerprint density at radius 1 is 1.39 bits per heavy atom. The van der Waals surface area contributed by atoms with Gasteiger partial charge in [0.1, 0.15) is 6.54 Å². The number of carbonyl (C=O) groups excluding carboxylic acids is 2.